The summed E-state index contributed by atoms with van der Waals surface area (Å²) in [6.07, 6.45) is 3.02. The summed E-state index contributed by atoms with van der Waals surface area (Å²) in [5, 5.41) is 2.85. The van der Waals surface area contributed by atoms with E-state index in [2.05, 4.69) is 12.2 Å². The first kappa shape index (κ1) is 24.3. The van der Waals surface area contributed by atoms with Gasteiger partial charge < -0.3 is 10.1 Å². The van der Waals surface area contributed by atoms with Crippen LogP contribution in [0.1, 0.15) is 61.5 Å². The minimum absolute atomic E-state index is 0.0578. The third-order valence-electron chi connectivity index (χ3n) is 7.35. The summed E-state index contributed by atoms with van der Waals surface area (Å²) in [5.41, 5.74) is 2.03. The molecule has 2 heterocycles. The van der Waals surface area contributed by atoms with Crippen LogP contribution in [-0.4, -0.2) is 45.1 Å². The molecule has 33 heavy (non-hydrogen) atoms. The molecule has 7 heteroatoms. The lowest BCUT2D eigenvalue weighted by molar-refractivity contribution is 0.0499. The van der Waals surface area contributed by atoms with E-state index in [4.69, 9.17) is 4.74 Å². The average Bonchev–Trinajstić information content (AvgIpc) is 2.82. The minimum atomic E-state index is -3.60. The van der Waals surface area contributed by atoms with Crippen LogP contribution in [0.4, 0.5) is 4.39 Å². The Kier molecular flexibility index (Phi) is 7.53. The molecular formula is C26H35FN2O3S. The van der Waals surface area contributed by atoms with Crippen LogP contribution in [0.5, 0.6) is 0 Å². The molecule has 0 radical (unpaired) electrons. The molecule has 2 aromatic carbocycles. The van der Waals surface area contributed by atoms with Gasteiger partial charge in [-0.05, 0) is 56.3 Å². The van der Waals surface area contributed by atoms with Crippen molar-refractivity contribution in [2.45, 2.75) is 62.8 Å². The number of nitrogens with zero attached hydrogens (tertiary/aromatic N) is 1. The van der Waals surface area contributed by atoms with Gasteiger partial charge >= 0.3 is 0 Å². The Morgan fingerprint density at radius 1 is 1.12 bits per heavy atom. The molecule has 0 amide bonds. The van der Waals surface area contributed by atoms with Crippen molar-refractivity contribution < 1.29 is 17.5 Å². The topological polar surface area (TPSA) is 58.6 Å². The number of sulfonamides is 1. The van der Waals surface area contributed by atoms with Crippen LogP contribution >= 0.6 is 0 Å². The summed E-state index contributed by atoms with van der Waals surface area (Å²) in [6, 6.07) is 14.6. The monoisotopic (exact) mass is 474 g/mol. The van der Waals surface area contributed by atoms with Crippen molar-refractivity contribution >= 4 is 10.0 Å². The van der Waals surface area contributed by atoms with E-state index in [1.165, 1.54) is 4.31 Å². The van der Waals surface area contributed by atoms with Gasteiger partial charge in [-0.2, -0.15) is 4.31 Å². The van der Waals surface area contributed by atoms with Crippen LogP contribution in [0.15, 0.2) is 48.5 Å². The summed E-state index contributed by atoms with van der Waals surface area (Å²) in [5.74, 6) is -0.334. The molecule has 0 spiro atoms. The normalized spacial score (nSPS) is 25.1. The van der Waals surface area contributed by atoms with Crippen LogP contribution < -0.4 is 5.32 Å². The Bertz CT molecular complexity index is 1040. The number of benzene rings is 2. The largest absolute Gasteiger partial charge is 0.381 e. The van der Waals surface area contributed by atoms with Crippen LogP contribution in [-0.2, 0) is 26.7 Å². The maximum atomic E-state index is 15.4. The molecule has 180 valence electrons. The highest BCUT2D eigenvalue weighted by Gasteiger charge is 2.41. The number of hydrogen-bond acceptors (Lipinski definition) is 4. The van der Waals surface area contributed by atoms with E-state index in [-0.39, 0.29) is 23.8 Å². The predicted octanol–water partition coefficient (Wildman–Crippen LogP) is 4.54. The summed E-state index contributed by atoms with van der Waals surface area (Å²) in [7, 11) is -3.60. The molecule has 0 aliphatic carbocycles. The standard InChI is InChI=1S/C26H35FN2O3S/c1-3-28-19-26(13-15-32-16-14-26)23-11-10-22(24(27)17-23)18-29-20(2)9-12-25(33(29,30)31)21-7-5-4-6-8-21/h4-8,10-11,17,20,25,28H,3,9,12-16,18-19H2,1-2H3. The number of halogens is 1. The van der Waals surface area contributed by atoms with Gasteiger partial charge in [-0.15, -0.1) is 0 Å². The third kappa shape index (κ3) is 5.02. The molecule has 2 aliphatic heterocycles. The van der Waals surface area contributed by atoms with Gasteiger partial charge in [0.25, 0.3) is 0 Å². The van der Waals surface area contributed by atoms with E-state index in [0.29, 0.717) is 25.2 Å². The minimum Gasteiger partial charge on any atom is -0.381 e. The fraction of sp³-hybridized carbons (Fsp3) is 0.538. The number of rotatable bonds is 7. The molecule has 2 aromatic rings. The quantitative estimate of drug-likeness (QED) is 0.640. The van der Waals surface area contributed by atoms with Crippen molar-refractivity contribution in [1.29, 1.82) is 0 Å². The second-order valence-electron chi connectivity index (χ2n) is 9.40. The lowest BCUT2D eigenvalue weighted by atomic mass is 9.74. The van der Waals surface area contributed by atoms with Crippen LogP contribution in [0.2, 0.25) is 0 Å². The lowest BCUT2D eigenvalue weighted by Crippen LogP contribution is -2.45. The van der Waals surface area contributed by atoms with Crippen molar-refractivity contribution in [3.8, 4) is 0 Å². The summed E-state index contributed by atoms with van der Waals surface area (Å²) in [6.45, 7) is 7.01. The highest BCUT2D eigenvalue weighted by molar-refractivity contribution is 7.89. The van der Waals surface area contributed by atoms with Gasteiger partial charge in [-0.25, -0.2) is 12.8 Å². The molecule has 2 saturated heterocycles. The summed E-state index contributed by atoms with van der Waals surface area (Å²) < 4.78 is 49.4. The molecule has 2 aliphatic rings. The maximum Gasteiger partial charge on any atom is 0.221 e. The van der Waals surface area contributed by atoms with E-state index in [1.54, 1.807) is 12.1 Å². The Hall–Kier alpha value is -1.80. The van der Waals surface area contributed by atoms with Crippen LogP contribution in [0, 0.1) is 5.82 Å². The fourth-order valence-electron chi connectivity index (χ4n) is 5.22. The molecular weight excluding hydrogens is 439 g/mol. The van der Waals surface area contributed by atoms with Crippen LogP contribution in [0.3, 0.4) is 0 Å². The van der Waals surface area contributed by atoms with Gasteiger partial charge in [-0.1, -0.05) is 49.4 Å². The lowest BCUT2D eigenvalue weighted by Gasteiger charge is -2.39. The summed E-state index contributed by atoms with van der Waals surface area (Å²) in [4.78, 5) is 0. The summed E-state index contributed by atoms with van der Waals surface area (Å²) >= 11 is 0. The van der Waals surface area contributed by atoms with Crippen molar-refractivity contribution in [1.82, 2.24) is 9.62 Å². The van der Waals surface area contributed by atoms with Gasteiger partial charge in [0.1, 0.15) is 11.1 Å². The molecule has 2 fully saturated rings. The predicted molar refractivity (Wildman–Crippen MR) is 129 cm³/mol. The van der Waals surface area contributed by atoms with Gasteiger partial charge in [0.15, 0.2) is 0 Å². The molecule has 1 N–H and O–H groups in total. The van der Waals surface area contributed by atoms with Gasteiger partial charge in [0.2, 0.25) is 10.0 Å². The van der Waals surface area contributed by atoms with Crippen molar-refractivity contribution in [2.24, 2.45) is 0 Å². The van der Waals surface area contributed by atoms with Gasteiger partial charge in [0.05, 0.1) is 0 Å². The zero-order valence-electron chi connectivity index (χ0n) is 19.6. The van der Waals surface area contributed by atoms with Crippen molar-refractivity contribution in [2.75, 3.05) is 26.3 Å². The van der Waals surface area contributed by atoms with Gasteiger partial charge in [-0.3, -0.25) is 0 Å². The van der Waals surface area contributed by atoms with E-state index < -0.39 is 15.3 Å². The van der Waals surface area contributed by atoms with Crippen molar-refractivity contribution in [3.63, 3.8) is 0 Å². The molecule has 2 atom stereocenters. The number of ether oxygens (including phenoxy) is 1. The van der Waals surface area contributed by atoms with E-state index in [0.717, 1.165) is 43.5 Å². The first-order valence-electron chi connectivity index (χ1n) is 12.0. The number of hydrogen-bond donors (Lipinski definition) is 1. The van der Waals surface area contributed by atoms with Gasteiger partial charge in [0, 0.05) is 43.3 Å². The second-order valence-corrected chi connectivity index (χ2v) is 11.5. The fourth-order valence-corrected chi connectivity index (χ4v) is 7.41. The second kappa shape index (κ2) is 10.2. The maximum absolute atomic E-state index is 15.4. The molecule has 0 bridgehead atoms. The molecule has 4 rings (SSSR count). The number of nitrogens with one attached hydrogen (secondary N) is 1. The first-order chi connectivity index (χ1) is 15.9. The molecule has 0 saturated carbocycles. The average molecular weight is 475 g/mol. The zero-order chi connectivity index (χ0) is 23.5. The van der Waals surface area contributed by atoms with E-state index in [9.17, 15) is 8.42 Å². The highest BCUT2D eigenvalue weighted by atomic mass is 32.2. The zero-order valence-corrected chi connectivity index (χ0v) is 20.4. The Labute approximate surface area is 197 Å². The van der Waals surface area contributed by atoms with Crippen molar-refractivity contribution in [3.05, 3.63) is 71.0 Å². The molecule has 0 aromatic heterocycles. The first-order valence-corrected chi connectivity index (χ1v) is 13.5. The Balaban J connectivity index is 1.59. The Morgan fingerprint density at radius 2 is 1.85 bits per heavy atom. The van der Waals surface area contributed by atoms with Crippen LogP contribution in [0.25, 0.3) is 0 Å². The third-order valence-corrected chi connectivity index (χ3v) is 9.72. The smallest absolute Gasteiger partial charge is 0.221 e. The molecule has 5 nitrogen and oxygen atoms in total. The van der Waals surface area contributed by atoms with E-state index >= 15 is 4.39 Å². The SMILES string of the molecule is CCNCC1(c2ccc(CN3C(C)CCC(c4ccccc4)S3(=O)=O)c(F)c2)CCOCC1. The Morgan fingerprint density at radius 3 is 2.52 bits per heavy atom. The number of likely N-dealkylation sites (N-methyl/N-ethyl adjacent to an activating group) is 1. The van der Waals surface area contributed by atoms with E-state index in [1.807, 2.05) is 43.3 Å². The highest BCUT2D eigenvalue weighted by Crippen LogP contribution is 2.39. The molecule has 2 unspecified atom stereocenters.